The van der Waals surface area contributed by atoms with Gasteiger partial charge in [-0.05, 0) is 78.3 Å². The minimum Gasteiger partial charge on any atom is -0.490 e. The van der Waals surface area contributed by atoms with Gasteiger partial charge in [0, 0.05) is 0 Å². The molecule has 1 N–H and O–H groups in total. The lowest BCUT2D eigenvalue weighted by atomic mass is 9.77. The largest absolute Gasteiger partial charge is 0.490 e. The van der Waals surface area contributed by atoms with Crippen LogP contribution in [0.25, 0.3) is 11.1 Å². The van der Waals surface area contributed by atoms with Gasteiger partial charge in [-0.25, -0.2) is 4.79 Å². The number of rotatable bonds is 13. The van der Waals surface area contributed by atoms with Gasteiger partial charge >= 0.3 is 5.97 Å². The van der Waals surface area contributed by atoms with Crippen LogP contribution in [0.15, 0.2) is 54.6 Å². The molecule has 1 aliphatic carbocycles. The highest BCUT2D eigenvalue weighted by molar-refractivity contribution is 5.87. The van der Waals surface area contributed by atoms with Gasteiger partial charge in [0.05, 0.1) is 12.2 Å². The van der Waals surface area contributed by atoms with Crippen molar-refractivity contribution in [2.45, 2.75) is 77.6 Å². The van der Waals surface area contributed by atoms with Crippen molar-refractivity contribution in [1.29, 1.82) is 0 Å². The summed E-state index contributed by atoms with van der Waals surface area (Å²) in [5.41, 5.74) is 5.23. The third-order valence-corrected chi connectivity index (χ3v) is 7.28. The minimum absolute atomic E-state index is 0.0451. The zero-order chi connectivity index (χ0) is 25.0. The molecule has 1 saturated carbocycles. The monoisotopic (exact) mass is 478 g/mol. The Labute approximate surface area is 211 Å². The number of carbonyl (C=O) groups is 1. The number of benzene rings is 2. The van der Waals surface area contributed by atoms with Gasteiger partial charge in [0.15, 0.2) is 0 Å². The van der Waals surface area contributed by atoms with Crippen molar-refractivity contribution >= 4 is 5.97 Å². The van der Waals surface area contributed by atoms with Gasteiger partial charge in [0.25, 0.3) is 0 Å². The lowest BCUT2D eigenvalue weighted by Gasteiger charge is -2.29. The molecule has 1 fully saturated rings. The van der Waals surface area contributed by atoms with Crippen molar-refractivity contribution < 1.29 is 19.4 Å². The Morgan fingerprint density at radius 1 is 1.00 bits per heavy atom. The molecular weight excluding hydrogens is 436 g/mol. The maximum absolute atomic E-state index is 11.5. The molecule has 2 aromatic carbocycles. The number of hydrogen-bond acceptors (Lipinski definition) is 4. The first-order valence-electron chi connectivity index (χ1n) is 13.4. The van der Waals surface area contributed by atoms with Gasteiger partial charge < -0.3 is 14.6 Å². The van der Waals surface area contributed by atoms with E-state index < -0.39 is 12.6 Å². The van der Waals surface area contributed by atoms with Gasteiger partial charge in [-0.3, -0.25) is 0 Å². The summed E-state index contributed by atoms with van der Waals surface area (Å²) in [4.78, 5) is 11.5. The van der Waals surface area contributed by atoms with E-state index in [4.69, 9.17) is 14.6 Å². The van der Waals surface area contributed by atoms with Gasteiger partial charge in [-0.2, -0.15) is 0 Å². The summed E-state index contributed by atoms with van der Waals surface area (Å²) in [6.07, 6.45) is 11.8. The van der Waals surface area contributed by atoms with E-state index in [0.717, 1.165) is 18.1 Å². The first-order chi connectivity index (χ1) is 17.0. The summed E-state index contributed by atoms with van der Waals surface area (Å²) in [5.74, 6) is 1.81. The van der Waals surface area contributed by atoms with Crippen molar-refractivity contribution in [2.24, 2.45) is 5.92 Å². The Morgan fingerprint density at radius 3 is 2.40 bits per heavy atom. The van der Waals surface area contributed by atoms with Crippen molar-refractivity contribution in [3.63, 3.8) is 0 Å². The summed E-state index contributed by atoms with van der Waals surface area (Å²) in [7, 11) is 0. The van der Waals surface area contributed by atoms with Gasteiger partial charge in [0.1, 0.15) is 19.0 Å². The maximum Gasteiger partial charge on any atom is 0.335 e. The van der Waals surface area contributed by atoms with E-state index in [0.29, 0.717) is 5.92 Å². The molecule has 0 aromatic heterocycles. The Bertz CT molecular complexity index is 939. The average molecular weight is 479 g/mol. The number of carbonyl (C=O) groups excluding carboxylic acids is 1. The van der Waals surface area contributed by atoms with Crippen LogP contribution in [0, 0.1) is 5.92 Å². The molecule has 0 unspecified atom stereocenters. The van der Waals surface area contributed by atoms with Crippen LogP contribution in [0.5, 0.6) is 5.75 Å². The quantitative estimate of drug-likeness (QED) is 0.187. The smallest absolute Gasteiger partial charge is 0.335 e. The Kier molecular flexibility index (Phi) is 10.9. The standard InChI is InChI=1S/C31H42O4/c1-4-6-7-8-24-9-11-26(12-10-24)27-13-15-28(16-14-27)30-18-17-29(21-25(30)5-2)34-19-20-35-31(33)23(3)22-32/h13-18,21,24,26,32H,3-12,19-20,22H2,1-2H3. The fraction of sp³-hybridized carbons (Fsp3) is 0.516. The molecule has 0 amide bonds. The molecule has 0 spiro atoms. The van der Waals surface area contributed by atoms with E-state index >= 15 is 0 Å². The van der Waals surface area contributed by atoms with Crippen molar-refractivity contribution in [3.8, 4) is 16.9 Å². The highest BCUT2D eigenvalue weighted by Gasteiger charge is 2.22. The number of esters is 1. The second-order valence-corrected chi connectivity index (χ2v) is 9.75. The highest BCUT2D eigenvalue weighted by Crippen LogP contribution is 2.38. The number of aliphatic hydroxyl groups excluding tert-OH is 1. The molecule has 0 bridgehead atoms. The molecule has 1 aliphatic rings. The number of hydrogen-bond donors (Lipinski definition) is 1. The van der Waals surface area contributed by atoms with Gasteiger partial charge in [-0.15, -0.1) is 0 Å². The Balaban J connectivity index is 1.54. The molecule has 0 atom stereocenters. The second-order valence-electron chi connectivity index (χ2n) is 9.75. The van der Waals surface area contributed by atoms with E-state index in [1.165, 1.54) is 73.6 Å². The maximum atomic E-state index is 11.5. The lowest BCUT2D eigenvalue weighted by Crippen LogP contribution is -2.15. The molecule has 4 heteroatoms. The normalized spacial score (nSPS) is 17.7. The molecule has 0 radical (unpaired) electrons. The van der Waals surface area contributed by atoms with Crippen molar-refractivity contribution in [2.75, 3.05) is 19.8 Å². The van der Waals surface area contributed by atoms with E-state index in [9.17, 15) is 4.79 Å². The Morgan fingerprint density at radius 2 is 1.74 bits per heavy atom. The molecule has 0 heterocycles. The second kappa shape index (κ2) is 14.1. The fourth-order valence-electron chi connectivity index (χ4n) is 5.10. The van der Waals surface area contributed by atoms with E-state index in [2.05, 4.69) is 56.8 Å². The van der Waals surface area contributed by atoms with E-state index in [1.54, 1.807) is 0 Å². The van der Waals surface area contributed by atoms with Crippen LogP contribution < -0.4 is 4.74 Å². The predicted molar refractivity (Wildman–Crippen MR) is 143 cm³/mol. The SMILES string of the molecule is C=C(CO)C(=O)OCCOc1ccc(-c2ccc(C3CCC(CCCCC)CC3)cc2)c(CC)c1. The first kappa shape index (κ1) is 27.0. The lowest BCUT2D eigenvalue weighted by molar-refractivity contribution is -0.140. The summed E-state index contributed by atoms with van der Waals surface area (Å²) in [6.45, 7) is 7.86. The zero-order valence-electron chi connectivity index (χ0n) is 21.6. The molecular formula is C31H42O4. The summed E-state index contributed by atoms with van der Waals surface area (Å²) >= 11 is 0. The summed E-state index contributed by atoms with van der Waals surface area (Å²) < 4.78 is 10.8. The first-order valence-corrected chi connectivity index (χ1v) is 13.4. The van der Waals surface area contributed by atoms with Crippen LogP contribution in [0.2, 0.25) is 0 Å². The summed E-state index contributed by atoms with van der Waals surface area (Å²) in [5, 5.41) is 8.91. The third kappa shape index (κ3) is 7.96. The van der Waals surface area contributed by atoms with Crippen molar-refractivity contribution in [1.82, 2.24) is 0 Å². The average Bonchev–Trinajstić information content (AvgIpc) is 2.91. The van der Waals surface area contributed by atoms with Crippen LogP contribution in [0.4, 0.5) is 0 Å². The molecule has 3 rings (SSSR count). The molecule has 190 valence electrons. The predicted octanol–water partition coefficient (Wildman–Crippen LogP) is 7.24. The molecule has 0 saturated heterocycles. The number of unbranched alkanes of at least 4 members (excludes halogenated alkanes) is 2. The highest BCUT2D eigenvalue weighted by atomic mass is 16.6. The van der Waals surface area contributed by atoms with E-state index in [1.807, 2.05) is 6.07 Å². The van der Waals surface area contributed by atoms with Crippen LogP contribution >= 0.6 is 0 Å². The Hall–Kier alpha value is -2.59. The zero-order valence-corrected chi connectivity index (χ0v) is 21.6. The van der Waals surface area contributed by atoms with Crippen molar-refractivity contribution in [3.05, 3.63) is 65.7 Å². The van der Waals surface area contributed by atoms with E-state index in [-0.39, 0.29) is 18.8 Å². The topological polar surface area (TPSA) is 55.8 Å². The number of aliphatic hydroxyl groups is 1. The van der Waals surface area contributed by atoms with Crippen LogP contribution in [0.3, 0.4) is 0 Å². The fourth-order valence-corrected chi connectivity index (χ4v) is 5.10. The van der Waals surface area contributed by atoms with Crippen LogP contribution in [-0.2, 0) is 16.0 Å². The van der Waals surface area contributed by atoms with Gasteiger partial charge in [-0.1, -0.05) is 76.4 Å². The third-order valence-electron chi connectivity index (χ3n) is 7.28. The number of aryl methyl sites for hydroxylation is 1. The summed E-state index contributed by atoms with van der Waals surface area (Å²) in [6, 6.07) is 15.3. The van der Waals surface area contributed by atoms with Crippen LogP contribution in [0.1, 0.15) is 82.3 Å². The molecule has 4 nitrogen and oxygen atoms in total. The van der Waals surface area contributed by atoms with Crippen LogP contribution in [-0.4, -0.2) is 30.9 Å². The number of ether oxygens (including phenoxy) is 2. The van der Waals surface area contributed by atoms with Gasteiger partial charge in [0.2, 0.25) is 0 Å². The molecule has 0 aliphatic heterocycles. The molecule has 2 aromatic rings. The molecule has 35 heavy (non-hydrogen) atoms. The minimum atomic E-state index is -0.593.